The van der Waals surface area contributed by atoms with Crippen LogP contribution in [0.3, 0.4) is 0 Å². The Labute approximate surface area is 148 Å². The molecule has 0 spiro atoms. The van der Waals surface area contributed by atoms with Crippen molar-refractivity contribution < 1.29 is 9.59 Å². The summed E-state index contributed by atoms with van der Waals surface area (Å²) in [5.74, 6) is -0.144. The van der Waals surface area contributed by atoms with Crippen LogP contribution >= 0.6 is 0 Å². The summed E-state index contributed by atoms with van der Waals surface area (Å²) < 4.78 is 0. The van der Waals surface area contributed by atoms with Crippen molar-refractivity contribution in [2.24, 2.45) is 0 Å². The number of carbonyl (C=O) groups excluding carboxylic acids is 2. The molecule has 0 bridgehead atoms. The van der Waals surface area contributed by atoms with Crippen molar-refractivity contribution in [2.45, 2.75) is 25.8 Å². The van der Waals surface area contributed by atoms with E-state index in [1.54, 1.807) is 17.0 Å². The lowest BCUT2D eigenvalue weighted by molar-refractivity contribution is 0.0902. The molecule has 0 aliphatic carbocycles. The molecule has 1 aliphatic heterocycles. The largest absolute Gasteiger partial charge is 0.343 e. The topological polar surface area (TPSA) is 61.4 Å². The lowest BCUT2D eigenvalue weighted by atomic mass is 9.89. The summed E-state index contributed by atoms with van der Waals surface area (Å²) >= 11 is 0. The zero-order chi connectivity index (χ0) is 17.9. The van der Waals surface area contributed by atoms with Crippen LogP contribution in [0.5, 0.6) is 0 Å². The molecule has 1 saturated heterocycles. The van der Waals surface area contributed by atoms with Crippen LogP contribution in [0.25, 0.3) is 0 Å². The van der Waals surface area contributed by atoms with Crippen molar-refractivity contribution in [1.82, 2.24) is 10.6 Å². The minimum absolute atomic E-state index is 0.125. The number of urea groups is 1. The fraction of sp³-hybridized carbons (Fsp3) is 0.300. The van der Waals surface area contributed by atoms with Gasteiger partial charge < -0.3 is 10.6 Å². The highest BCUT2D eigenvalue weighted by molar-refractivity contribution is 5.98. The van der Waals surface area contributed by atoms with Gasteiger partial charge >= 0.3 is 6.03 Å². The van der Waals surface area contributed by atoms with E-state index in [0.29, 0.717) is 18.7 Å². The van der Waals surface area contributed by atoms with Gasteiger partial charge in [0, 0.05) is 24.3 Å². The minimum atomic E-state index is -0.445. The summed E-state index contributed by atoms with van der Waals surface area (Å²) in [6, 6.07) is 17.0. The lowest BCUT2D eigenvalue weighted by Crippen LogP contribution is -2.43. The van der Waals surface area contributed by atoms with Gasteiger partial charge in [-0.15, -0.1) is 0 Å². The number of benzene rings is 2. The van der Waals surface area contributed by atoms with E-state index in [2.05, 4.69) is 17.6 Å². The molecule has 0 aromatic heterocycles. The summed E-state index contributed by atoms with van der Waals surface area (Å²) in [6.07, 6.45) is 0.775. The maximum Gasteiger partial charge on any atom is 0.321 e. The highest BCUT2D eigenvalue weighted by Gasteiger charge is 2.27. The van der Waals surface area contributed by atoms with E-state index >= 15 is 0 Å². The zero-order valence-corrected chi connectivity index (χ0v) is 14.6. The molecular formula is C20H23N3O2. The molecule has 0 radical (unpaired) electrons. The van der Waals surface area contributed by atoms with E-state index in [4.69, 9.17) is 0 Å². The minimum Gasteiger partial charge on any atom is -0.343 e. The average Bonchev–Trinajstić information content (AvgIpc) is 3.08. The first-order valence-electron chi connectivity index (χ1n) is 8.57. The second kappa shape index (κ2) is 6.97. The van der Waals surface area contributed by atoms with Crippen LogP contribution in [0.4, 0.5) is 10.5 Å². The van der Waals surface area contributed by atoms with Crippen molar-refractivity contribution in [3.63, 3.8) is 0 Å². The van der Waals surface area contributed by atoms with Gasteiger partial charge in [-0.05, 0) is 37.1 Å². The van der Waals surface area contributed by atoms with Crippen molar-refractivity contribution in [1.29, 1.82) is 0 Å². The molecule has 1 fully saturated rings. The SMILES string of the molecule is CC[C@@](C)(NC(=O)c1cccc(N2CCNC2=O)c1)c1ccccc1. The summed E-state index contributed by atoms with van der Waals surface area (Å²) in [5, 5.41) is 5.92. The molecule has 0 unspecified atom stereocenters. The molecule has 5 nitrogen and oxygen atoms in total. The second-order valence-electron chi connectivity index (χ2n) is 6.44. The Balaban J connectivity index is 1.82. The maximum atomic E-state index is 12.8. The number of rotatable bonds is 5. The molecule has 2 N–H and O–H groups in total. The van der Waals surface area contributed by atoms with Crippen LogP contribution in [0.1, 0.15) is 36.2 Å². The number of carbonyl (C=O) groups is 2. The molecule has 25 heavy (non-hydrogen) atoms. The monoisotopic (exact) mass is 337 g/mol. The van der Waals surface area contributed by atoms with Gasteiger partial charge in [0.2, 0.25) is 0 Å². The Kier molecular flexibility index (Phi) is 4.74. The summed E-state index contributed by atoms with van der Waals surface area (Å²) in [5.41, 5.74) is 1.91. The molecule has 3 amide bonds. The molecular weight excluding hydrogens is 314 g/mol. The van der Waals surface area contributed by atoms with Crippen LogP contribution in [0.15, 0.2) is 54.6 Å². The van der Waals surface area contributed by atoms with Crippen molar-refractivity contribution in [2.75, 3.05) is 18.0 Å². The van der Waals surface area contributed by atoms with Crippen LogP contribution in [-0.2, 0) is 5.54 Å². The molecule has 1 aliphatic rings. The van der Waals surface area contributed by atoms with Crippen molar-refractivity contribution >= 4 is 17.6 Å². The Hall–Kier alpha value is -2.82. The van der Waals surface area contributed by atoms with Crippen LogP contribution < -0.4 is 15.5 Å². The Bertz CT molecular complexity index is 776. The number of hydrogen-bond acceptors (Lipinski definition) is 2. The third-order valence-electron chi connectivity index (χ3n) is 4.78. The standard InChI is InChI=1S/C20H23N3O2/c1-3-20(2,16-9-5-4-6-10-16)22-18(24)15-8-7-11-17(14-15)23-13-12-21-19(23)25/h4-11,14H,3,12-13H2,1-2H3,(H,21,25)(H,22,24)/t20-/m1/s1. The average molecular weight is 337 g/mol. The first-order valence-corrected chi connectivity index (χ1v) is 8.57. The van der Waals surface area contributed by atoms with Crippen LogP contribution in [0.2, 0.25) is 0 Å². The van der Waals surface area contributed by atoms with E-state index in [0.717, 1.165) is 17.7 Å². The predicted octanol–water partition coefficient (Wildman–Crippen LogP) is 3.27. The quantitative estimate of drug-likeness (QED) is 0.879. The number of nitrogens with zero attached hydrogens (tertiary/aromatic N) is 1. The van der Waals surface area contributed by atoms with Crippen molar-refractivity contribution in [3.05, 3.63) is 65.7 Å². The van der Waals surface area contributed by atoms with Gasteiger partial charge in [0.25, 0.3) is 5.91 Å². The van der Waals surface area contributed by atoms with E-state index < -0.39 is 5.54 Å². The van der Waals surface area contributed by atoms with Gasteiger partial charge in [0.15, 0.2) is 0 Å². The van der Waals surface area contributed by atoms with Gasteiger partial charge in [0.1, 0.15) is 0 Å². The van der Waals surface area contributed by atoms with Gasteiger partial charge in [-0.25, -0.2) is 4.79 Å². The number of nitrogens with one attached hydrogen (secondary N) is 2. The summed E-state index contributed by atoms with van der Waals surface area (Å²) in [6.45, 7) is 5.31. The van der Waals surface area contributed by atoms with Crippen LogP contribution in [0, 0.1) is 0 Å². The predicted molar refractivity (Wildman–Crippen MR) is 98.7 cm³/mol. The summed E-state index contributed by atoms with van der Waals surface area (Å²) in [4.78, 5) is 26.3. The number of hydrogen-bond donors (Lipinski definition) is 2. The Morgan fingerprint density at radius 2 is 1.96 bits per heavy atom. The highest BCUT2D eigenvalue weighted by atomic mass is 16.2. The van der Waals surface area contributed by atoms with E-state index in [1.807, 2.05) is 49.4 Å². The number of anilines is 1. The molecule has 1 atom stereocenters. The molecule has 1 heterocycles. The molecule has 2 aromatic carbocycles. The molecule has 130 valence electrons. The van der Waals surface area contributed by atoms with Gasteiger partial charge in [0.05, 0.1) is 5.54 Å². The molecule has 0 saturated carbocycles. The van der Waals surface area contributed by atoms with Gasteiger partial charge in [-0.1, -0.05) is 43.3 Å². The first-order chi connectivity index (χ1) is 12.0. The van der Waals surface area contributed by atoms with E-state index in [1.165, 1.54) is 0 Å². The molecule has 2 aromatic rings. The summed E-state index contributed by atoms with van der Waals surface area (Å²) in [7, 11) is 0. The molecule has 3 rings (SSSR count). The second-order valence-corrected chi connectivity index (χ2v) is 6.44. The third-order valence-corrected chi connectivity index (χ3v) is 4.78. The first kappa shape index (κ1) is 17.0. The van der Waals surface area contributed by atoms with Gasteiger partial charge in [-0.3, -0.25) is 9.69 Å². The van der Waals surface area contributed by atoms with E-state index in [9.17, 15) is 9.59 Å². The van der Waals surface area contributed by atoms with Crippen molar-refractivity contribution in [3.8, 4) is 0 Å². The Morgan fingerprint density at radius 1 is 1.20 bits per heavy atom. The maximum absolute atomic E-state index is 12.8. The normalized spacial score (nSPS) is 16.2. The fourth-order valence-corrected chi connectivity index (χ4v) is 3.03. The smallest absolute Gasteiger partial charge is 0.321 e. The Morgan fingerprint density at radius 3 is 2.60 bits per heavy atom. The molecule has 5 heteroatoms. The zero-order valence-electron chi connectivity index (χ0n) is 14.6. The fourth-order valence-electron chi connectivity index (χ4n) is 3.03. The highest BCUT2D eigenvalue weighted by Crippen LogP contribution is 2.25. The lowest BCUT2D eigenvalue weighted by Gasteiger charge is -2.30. The van der Waals surface area contributed by atoms with E-state index in [-0.39, 0.29) is 11.9 Å². The van der Waals surface area contributed by atoms with Crippen LogP contribution in [-0.4, -0.2) is 25.0 Å². The number of amides is 3. The van der Waals surface area contributed by atoms with Gasteiger partial charge in [-0.2, -0.15) is 0 Å². The third kappa shape index (κ3) is 3.50.